The van der Waals surface area contributed by atoms with Gasteiger partial charge in [-0.05, 0) is 331 Å². The number of hydrogen-bond donors (Lipinski definition) is 0. The number of pyridine rings is 2. The van der Waals surface area contributed by atoms with Crippen molar-refractivity contribution in [2.24, 2.45) is 7.05 Å². The van der Waals surface area contributed by atoms with E-state index < -0.39 is 0 Å². The molecule has 692 valence electrons. The molecule has 6 aromatic carbocycles. The molecule has 0 N–H and O–H groups in total. The van der Waals surface area contributed by atoms with Gasteiger partial charge < -0.3 is 0 Å². The van der Waals surface area contributed by atoms with Gasteiger partial charge in [0.15, 0.2) is 0 Å². The van der Waals surface area contributed by atoms with Crippen LogP contribution in [0.5, 0.6) is 0 Å². The van der Waals surface area contributed by atoms with Gasteiger partial charge in [-0.2, -0.15) is 10.2 Å². The second-order valence-electron chi connectivity index (χ2n) is 36.7. The zero-order chi connectivity index (χ0) is 96.4. The van der Waals surface area contributed by atoms with Crippen molar-refractivity contribution in [3.63, 3.8) is 0 Å². The Morgan fingerprint density at radius 1 is 0.317 bits per heavy atom. The van der Waals surface area contributed by atoms with Gasteiger partial charge in [-0.15, -0.1) is 22.7 Å². The normalized spacial score (nSPS) is 10.7. The standard InChI is InChI=1S/C11H15F.C11H16.C10H13Cl.2C10H13F.C10H14.C9H16N2.2C9H13N.C8H14N2.C8H13NS.C7H11NS/c1-7(2)10-5-9(4)11(12)6-8(10)3;1-8(2)11-7-9(3)5-6-10(11)4;1-7(2)10-6-9(11)5-4-8(10)3;2*1-7(2)10-5-4-9(11)6-8(10)3;1-8(2)10-7-5-4-6-9(10)3;1-5-11-6-9(7(2)3)8(4)10-11;2*1-7(2)9-5-4-6-10-8(9)3;1-6(2)8-5-10(4)9-7(8)3;1-5(2)8-6(3)9-7(4)10-8;1-5(2)7-6(3)8-4-9-7/h5-7H,1-4H3;5-8H,1-4H3;3*4-7H,1-3H3;4-8H,1-3H3;6-7H,5H2,1-4H3;2*4-7H,1-3H3;5-6H,1-4H3;5H,1-4H3;4-5H,1-3H3. The van der Waals surface area contributed by atoms with E-state index in [9.17, 15) is 13.2 Å². The number of aryl methyl sites for hydroxylation is 17. The maximum atomic E-state index is 13.0. The maximum Gasteiger partial charge on any atom is 0.126 e. The average Bonchev–Trinajstić information content (AvgIpc) is 1.31. The third-order valence-corrected chi connectivity index (χ3v) is 24.2. The van der Waals surface area contributed by atoms with Crippen molar-refractivity contribution in [1.82, 2.24) is 39.5 Å². The predicted molar refractivity (Wildman–Crippen MR) is 547 cm³/mol. The van der Waals surface area contributed by atoms with Crippen LogP contribution < -0.4 is 0 Å². The van der Waals surface area contributed by atoms with Gasteiger partial charge in [0.05, 0.1) is 33.3 Å². The zero-order valence-corrected chi connectivity index (χ0v) is 88.0. The molecule has 8 nitrogen and oxygen atoms in total. The van der Waals surface area contributed by atoms with E-state index in [1.54, 1.807) is 36.5 Å². The van der Waals surface area contributed by atoms with Gasteiger partial charge in [0.25, 0.3) is 0 Å². The largest absolute Gasteiger partial charge is 0.275 e. The van der Waals surface area contributed by atoms with E-state index in [1.165, 1.54) is 122 Å². The summed E-state index contributed by atoms with van der Waals surface area (Å²) in [6.45, 7) is 86.0. The third kappa shape index (κ3) is 42.5. The summed E-state index contributed by atoms with van der Waals surface area (Å²) in [7, 11) is 1.96. The van der Waals surface area contributed by atoms with E-state index in [0.29, 0.717) is 71.0 Å². The Bertz CT molecular complexity index is 4800. The maximum absolute atomic E-state index is 13.0. The Morgan fingerprint density at radius 3 is 0.992 bits per heavy atom. The number of aromatic nitrogens is 8. The lowest BCUT2D eigenvalue weighted by molar-refractivity contribution is 0.615. The fraction of sp³-hybridized carbons (Fsp3) is 0.482. The molecule has 0 saturated heterocycles. The first-order chi connectivity index (χ1) is 58.7. The molecule has 0 aliphatic rings. The molecule has 0 radical (unpaired) electrons. The lowest BCUT2D eigenvalue weighted by Gasteiger charge is -2.10. The minimum atomic E-state index is -0.146. The second kappa shape index (κ2) is 58.8. The first-order valence-electron chi connectivity index (χ1n) is 45.6. The molecule has 0 aliphatic carbocycles. The number of thiazole rings is 2. The first kappa shape index (κ1) is 115. The van der Waals surface area contributed by atoms with Crippen molar-refractivity contribution in [3.8, 4) is 0 Å². The summed E-state index contributed by atoms with van der Waals surface area (Å²) < 4.78 is 42.1. The molecule has 6 heterocycles. The minimum absolute atomic E-state index is 0.100. The quantitative estimate of drug-likeness (QED) is 0.114. The van der Waals surface area contributed by atoms with E-state index in [0.717, 1.165) is 50.9 Å². The molecule has 14 heteroatoms. The van der Waals surface area contributed by atoms with Crippen molar-refractivity contribution in [1.29, 1.82) is 0 Å². The van der Waals surface area contributed by atoms with Crippen LogP contribution in [0.3, 0.4) is 0 Å². The Morgan fingerprint density at radius 2 is 0.698 bits per heavy atom. The minimum Gasteiger partial charge on any atom is -0.275 e. The van der Waals surface area contributed by atoms with Crippen molar-refractivity contribution in [2.45, 2.75) is 355 Å². The Kier molecular flexibility index (Phi) is 53.8. The highest BCUT2D eigenvalue weighted by atomic mass is 35.5. The van der Waals surface area contributed by atoms with Gasteiger partial charge in [-0.1, -0.05) is 262 Å². The van der Waals surface area contributed by atoms with Crippen LogP contribution >= 0.6 is 34.3 Å². The summed E-state index contributed by atoms with van der Waals surface area (Å²) >= 11 is 9.42. The SMILES string of the molecule is CCn1cc(C(C)C)c(C)n1.Cc1cc(C(C)C)c(C)cc1F.Cc1cc(F)ccc1C(C)C.Cc1cc(F)ccc1C(C)C.Cc1ccc(C)c(C(C)C)c1.Cc1ccc(Cl)cc1C(C)C.Cc1ccccc1C(C)C.Cc1nc(C)c(C(C)C)s1.Cc1ncccc1C(C)C.Cc1ncccc1C(C)C.Cc1ncsc1C(C)C.Cc1nn(C)cc1C(C)C. The number of nitrogens with zero attached hydrogens (tertiary/aromatic N) is 8. The monoisotopic (exact) mass is 1780 g/mol. The van der Waals surface area contributed by atoms with Gasteiger partial charge in [0.2, 0.25) is 0 Å². The molecule has 12 aromatic rings. The highest BCUT2D eigenvalue weighted by Gasteiger charge is 2.13. The van der Waals surface area contributed by atoms with Crippen molar-refractivity contribution < 1.29 is 13.2 Å². The Hall–Kier alpha value is -8.62. The van der Waals surface area contributed by atoms with Crippen LogP contribution in [0, 0.1) is 121 Å². The van der Waals surface area contributed by atoms with Crippen LogP contribution in [0.25, 0.3) is 0 Å². The summed E-state index contributed by atoms with van der Waals surface area (Å²) in [5, 5.41) is 10.6. The molecule has 0 unspecified atom stereocenters. The second-order valence-corrected chi connectivity index (χ2v) is 39.3. The highest BCUT2D eigenvalue weighted by Crippen LogP contribution is 2.30. The van der Waals surface area contributed by atoms with Crippen LogP contribution in [0.1, 0.15) is 393 Å². The van der Waals surface area contributed by atoms with Gasteiger partial charge in [0, 0.05) is 64.5 Å². The number of halogens is 4. The number of benzene rings is 6. The van der Waals surface area contributed by atoms with Crippen LogP contribution in [-0.4, -0.2) is 39.5 Å². The molecule has 0 amide bonds. The molecular formula is C112H164ClF3N8S2. The molecule has 0 spiro atoms. The van der Waals surface area contributed by atoms with Gasteiger partial charge >= 0.3 is 0 Å². The fourth-order valence-corrected chi connectivity index (χ4v) is 16.4. The zero-order valence-electron chi connectivity index (χ0n) is 85.6. The van der Waals surface area contributed by atoms with Crippen LogP contribution in [0.2, 0.25) is 5.02 Å². The van der Waals surface area contributed by atoms with Crippen molar-refractivity contribution in [3.05, 3.63) is 335 Å². The lowest BCUT2D eigenvalue weighted by atomic mass is 9.96. The molecule has 0 fully saturated rings. The van der Waals surface area contributed by atoms with E-state index in [1.807, 2.05) is 109 Å². The van der Waals surface area contributed by atoms with Gasteiger partial charge in [-0.25, -0.2) is 23.1 Å². The van der Waals surface area contributed by atoms with E-state index in [-0.39, 0.29) is 17.5 Å². The van der Waals surface area contributed by atoms with Crippen LogP contribution in [0.4, 0.5) is 13.2 Å². The summed E-state index contributed by atoms with van der Waals surface area (Å²) in [6, 6.07) is 42.9. The predicted octanol–water partition coefficient (Wildman–Crippen LogP) is 35.1. The topological polar surface area (TPSA) is 87.2 Å². The number of rotatable bonds is 13. The molecule has 126 heavy (non-hydrogen) atoms. The van der Waals surface area contributed by atoms with E-state index in [2.05, 4.69) is 352 Å². The van der Waals surface area contributed by atoms with Gasteiger partial charge in [0.1, 0.15) is 17.5 Å². The molecule has 12 rings (SSSR count). The van der Waals surface area contributed by atoms with Crippen LogP contribution in [-0.2, 0) is 13.6 Å². The fourth-order valence-electron chi connectivity index (χ4n) is 14.5. The third-order valence-electron chi connectivity index (χ3n) is 21.3. The molecule has 0 bridgehead atoms. The highest BCUT2D eigenvalue weighted by molar-refractivity contribution is 7.11. The molecular weight excluding hydrogens is 1610 g/mol. The Balaban J connectivity index is 0.000000688. The summed E-state index contributed by atoms with van der Waals surface area (Å²) in [4.78, 5) is 19.7. The Labute approximate surface area is 778 Å². The van der Waals surface area contributed by atoms with Gasteiger partial charge in [-0.3, -0.25) is 19.3 Å². The van der Waals surface area contributed by atoms with Crippen molar-refractivity contribution >= 4 is 34.3 Å². The number of hydrogen-bond acceptors (Lipinski definition) is 8. The summed E-state index contributed by atoms with van der Waals surface area (Å²) in [5.74, 6) is 6.55. The molecule has 0 saturated carbocycles. The van der Waals surface area contributed by atoms with Crippen molar-refractivity contribution in [2.75, 3.05) is 0 Å². The summed E-state index contributed by atoms with van der Waals surface area (Å²) in [6.07, 6.45) is 7.89. The molecule has 0 atom stereocenters. The van der Waals surface area contributed by atoms with E-state index in [4.69, 9.17) is 11.6 Å². The lowest BCUT2D eigenvalue weighted by Crippen LogP contribution is -1.95. The molecule has 6 aromatic heterocycles. The van der Waals surface area contributed by atoms with E-state index >= 15 is 0 Å². The molecule has 0 aliphatic heterocycles. The average molecular weight is 1780 g/mol. The first-order valence-corrected chi connectivity index (χ1v) is 47.6. The smallest absolute Gasteiger partial charge is 0.126 e. The summed E-state index contributed by atoms with van der Waals surface area (Å²) in [5.41, 5.74) is 31.7. The van der Waals surface area contributed by atoms with Crippen LogP contribution in [0.15, 0.2) is 164 Å².